The maximum absolute atomic E-state index is 7.45. The highest BCUT2D eigenvalue weighted by Crippen LogP contribution is 2.42. The molecule has 8 heteroatoms. The molecular weight excluding hydrogens is 571 g/mol. The molecule has 0 radical (unpaired) electrons. The summed E-state index contributed by atoms with van der Waals surface area (Å²) in [6.07, 6.45) is 9.51. The molecule has 1 aromatic carbocycles. The lowest BCUT2D eigenvalue weighted by Crippen LogP contribution is -2.61. The van der Waals surface area contributed by atoms with E-state index in [-0.39, 0.29) is 17.8 Å². The van der Waals surface area contributed by atoms with E-state index in [0.717, 1.165) is 19.4 Å². The maximum Gasteiger partial charge on any atom is 0.187 e. The quantitative estimate of drug-likeness (QED) is 0.170. The van der Waals surface area contributed by atoms with Gasteiger partial charge in [0.05, 0.1) is 20.3 Å². The third-order valence-corrected chi connectivity index (χ3v) is 23.1. The first-order valence-corrected chi connectivity index (χ1v) is 29.0. The smallest absolute Gasteiger partial charge is 0.187 e. The fraction of sp³-hybridized carbons (Fsp3) is 0.788. The predicted octanol–water partition coefficient (Wildman–Crippen LogP) is 10.1. The summed E-state index contributed by atoms with van der Waals surface area (Å²) < 4.78 is 22.0. The summed E-state index contributed by atoms with van der Waals surface area (Å²) in [5, 5.41) is 0. The number of aliphatic imine (C=N–C) groups is 1. The Hall–Kier alpha value is -0.362. The zero-order valence-corrected chi connectivity index (χ0v) is 32.2. The van der Waals surface area contributed by atoms with Crippen molar-refractivity contribution in [2.75, 3.05) is 6.54 Å². The minimum absolute atomic E-state index is 0.0962. The van der Waals surface area contributed by atoms with Crippen molar-refractivity contribution >= 4 is 39.2 Å². The Bertz CT molecular complexity index is 921. The minimum Gasteiger partial charge on any atom is -0.411 e. The lowest BCUT2D eigenvalue weighted by Gasteiger charge is -2.50. The van der Waals surface area contributed by atoms with Gasteiger partial charge in [-0.25, -0.2) is 0 Å². The molecule has 41 heavy (non-hydrogen) atoms. The summed E-state index contributed by atoms with van der Waals surface area (Å²) in [7, 11) is -7.15. The molecule has 4 nitrogen and oxygen atoms in total. The molecular formula is C33H63NO3Si4. The van der Waals surface area contributed by atoms with Crippen molar-refractivity contribution in [2.24, 2.45) is 4.99 Å². The first kappa shape index (κ1) is 35.1. The maximum atomic E-state index is 7.45. The van der Waals surface area contributed by atoms with Crippen molar-refractivity contribution in [3.63, 3.8) is 0 Å². The van der Waals surface area contributed by atoms with Gasteiger partial charge in [0.15, 0.2) is 25.0 Å². The normalized spacial score (nSPS) is 33.0. The molecule has 2 aliphatic heterocycles. The molecule has 2 fully saturated rings. The first-order valence-electron chi connectivity index (χ1n) is 16.8. The van der Waals surface area contributed by atoms with Crippen molar-refractivity contribution in [2.45, 2.75) is 159 Å². The zero-order valence-electron chi connectivity index (χ0n) is 28.2. The molecule has 0 N–H and O–H groups in total. The van der Waals surface area contributed by atoms with E-state index >= 15 is 0 Å². The van der Waals surface area contributed by atoms with Gasteiger partial charge in [0.1, 0.15) is 5.60 Å². The van der Waals surface area contributed by atoms with E-state index in [1.54, 1.807) is 0 Å². The van der Waals surface area contributed by atoms with Crippen molar-refractivity contribution in [3.05, 3.63) is 35.9 Å². The van der Waals surface area contributed by atoms with E-state index in [9.17, 15) is 0 Å². The van der Waals surface area contributed by atoms with Gasteiger partial charge in [0.2, 0.25) is 0 Å². The van der Waals surface area contributed by atoms with E-state index in [4.69, 9.17) is 18.3 Å². The lowest BCUT2D eigenvalue weighted by atomic mass is 9.89. The molecule has 0 aromatic heterocycles. The van der Waals surface area contributed by atoms with E-state index in [2.05, 4.69) is 96.6 Å². The van der Waals surface area contributed by atoms with Crippen molar-refractivity contribution < 1.29 is 13.3 Å². The van der Waals surface area contributed by atoms with Crippen LogP contribution in [-0.2, 0) is 13.3 Å². The number of rotatable bonds is 7. The second-order valence-corrected chi connectivity index (χ2v) is 32.9. The molecule has 0 aliphatic carbocycles. The van der Waals surface area contributed by atoms with Crippen LogP contribution in [0.4, 0.5) is 0 Å². The Kier molecular flexibility index (Phi) is 12.9. The predicted molar refractivity (Wildman–Crippen MR) is 189 cm³/mol. The Balaban J connectivity index is 1.94. The molecule has 3 rings (SSSR count). The summed E-state index contributed by atoms with van der Waals surface area (Å²) in [4.78, 5) is 4.86. The summed E-state index contributed by atoms with van der Waals surface area (Å²) in [5.41, 5.74) is 0.822. The largest absolute Gasteiger partial charge is 0.411 e. The van der Waals surface area contributed by atoms with Gasteiger partial charge in [0.25, 0.3) is 0 Å². The molecule has 0 saturated carbocycles. The molecule has 2 saturated heterocycles. The molecule has 2 heterocycles. The van der Waals surface area contributed by atoms with Crippen LogP contribution in [-0.4, -0.2) is 63.6 Å². The van der Waals surface area contributed by atoms with Crippen LogP contribution in [0.25, 0.3) is 0 Å². The third-order valence-electron chi connectivity index (χ3n) is 9.93. The number of fused-ring (bicyclic) bond motifs is 6. The average Bonchev–Trinajstić information content (AvgIpc) is 2.90. The number of hydrogen-bond acceptors (Lipinski definition) is 4. The molecule has 2 aliphatic rings. The fourth-order valence-electron chi connectivity index (χ4n) is 7.76. The molecule has 2 bridgehead atoms. The highest BCUT2D eigenvalue weighted by atomic mass is 28.4. The van der Waals surface area contributed by atoms with Gasteiger partial charge in [-0.05, 0) is 89.2 Å². The van der Waals surface area contributed by atoms with E-state index in [1.165, 1.54) is 73.6 Å². The summed E-state index contributed by atoms with van der Waals surface area (Å²) in [6.45, 7) is 22.7. The summed E-state index contributed by atoms with van der Waals surface area (Å²) >= 11 is 0. The monoisotopic (exact) mass is 633 g/mol. The number of benzene rings is 1. The van der Waals surface area contributed by atoms with Gasteiger partial charge in [-0.15, -0.1) is 0 Å². The van der Waals surface area contributed by atoms with E-state index in [0.29, 0.717) is 0 Å². The van der Waals surface area contributed by atoms with E-state index < -0.39 is 33.0 Å². The fourth-order valence-corrected chi connectivity index (χ4v) is 21.2. The van der Waals surface area contributed by atoms with Crippen LogP contribution < -0.4 is 0 Å². The summed E-state index contributed by atoms with van der Waals surface area (Å²) in [6, 6.07) is 20.1. The number of hydrogen-bond donors (Lipinski definition) is 0. The van der Waals surface area contributed by atoms with Crippen LogP contribution in [0.2, 0.25) is 81.6 Å². The Morgan fingerprint density at radius 1 is 0.756 bits per heavy atom. The van der Waals surface area contributed by atoms with Crippen LogP contribution in [0.1, 0.15) is 64.9 Å². The average molecular weight is 634 g/mol. The van der Waals surface area contributed by atoms with Gasteiger partial charge >= 0.3 is 0 Å². The molecule has 2 atom stereocenters. The minimum atomic E-state index is -1.94. The highest BCUT2D eigenvalue weighted by Gasteiger charge is 2.50. The second kappa shape index (κ2) is 15.1. The van der Waals surface area contributed by atoms with Crippen LogP contribution in [0.3, 0.4) is 0 Å². The summed E-state index contributed by atoms with van der Waals surface area (Å²) in [5.74, 6) is 0. The van der Waals surface area contributed by atoms with Gasteiger partial charge in [-0.2, -0.15) is 0 Å². The zero-order chi connectivity index (χ0) is 30.2. The van der Waals surface area contributed by atoms with Gasteiger partial charge in [-0.1, -0.05) is 87.6 Å². The first-order chi connectivity index (χ1) is 19.2. The third kappa shape index (κ3) is 10.6. The molecule has 2 unspecified atom stereocenters. The topological polar surface area (TPSA) is 40.0 Å². The molecule has 234 valence electrons. The van der Waals surface area contributed by atoms with Crippen LogP contribution in [0.15, 0.2) is 35.3 Å². The van der Waals surface area contributed by atoms with Gasteiger partial charge < -0.3 is 13.3 Å². The molecule has 0 spiro atoms. The van der Waals surface area contributed by atoms with Crippen molar-refractivity contribution in [1.29, 1.82) is 0 Å². The standard InChI is InChI=1S/C33H63NO3Si4/c1-10-31-33(3)32(11-2)36-39(6,7)23-17-27-41(26-16-22-38(4,5)35-31,28-18-24-40(8,9)37-33)25-15-21-34-29-30-19-13-12-14-20-30/h12-14,19-20,29,31-32H,10-11,15-18,21-28H2,1-9H3. The SMILES string of the molecule is CCC1O[Si](C)(C)CCC[Si]2(CCCN=Cc3ccccc3)CCC[Si](C)(C)OC(CC)C1(C)O[Si](C)(C)CCC2. The van der Waals surface area contributed by atoms with Crippen LogP contribution in [0, 0.1) is 0 Å². The molecule has 1 aromatic rings. The van der Waals surface area contributed by atoms with E-state index in [1.807, 2.05) is 0 Å². The van der Waals surface area contributed by atoms with Gasteiger partial charge in [-0.3, -0.25) is 4.99 Å². The van der Waals surface area contributed by atoms with Crippen molar-refractivity contribution in [1.82, 2.24) is 0 Å². The molecule has 0 amide bonds. The highest BCUT2D eigenvalue weighted by molar-refractivity contribution is 6.80. The second-order valence-electron chi connectivity index (χ2n) is 15.2. The Morgan fingerprint density at radius 2 is 1.24 bits per heavy atom. The van der Waals surface area contributed by atoms with Gasteiger partial charge in [0, 0.05) is 12.8 Å². The van der Waals surface area contributed by atoms with Crippen LogP contribution in [0.5, 0.6) is 0 Å². The Labute approximate surface area is 257 Å². The van der Waals surface area contributed by atoms with Crippen LogP contribution >= 0.6 is 0 Å². The number of nitrogens with zero attached hydrogens (tertiary/aromatic N) is 1. The Morgan fingerprint density at radius 3 is 1.73 bits per heavy atom. The van der Waals surface area contributed by atoms with Crippen molar-refractivity contribution in [3.8, 4) is 0 Å². The lowest BCUT2D eigenvalue weighted by molar-refractivity contribution is -0.111.